The molecule has 0 fully saturated rings. The van der Waals surface area contributed by atoms with Crippen LogP contribution >= 0.6 is 0 Å². The average molecular weight is 323 g/mol. The van der Waals surface area contributed by atoms with Gasteiger partial charge in [0.2, 0.25) is 5.91 Å². The topological polar surface area (TPSA) is 71.1 Å². The number of carbonyl (C=O) groups is 2. The van der Waals surface area contributed by atoms with Crippen LogP contribution in [0.4, 0.5) is 11.4 Å². The van der Waals surface area contributed by atoms with Gasteiger partial charge in [-0.05, 0) is 41.8 Å². The Balaban J connectivity index is 2.03. The Morgan fingerprint density at radius 2 is 1.75 bits per heavy atom. The molecule has 5 heteroatoms. The number of allylic oxidation sites excluding steroid dienone is 1. The molecule has 0 aliphatic rings. The molecular formula is C19H21N3O2. The summed E-state index contributed by atoms with van der Waals surface area (Å²) in [7, 11) is 0. The molecule has 0 saturated carbocycles. The Morgan fingerprint density at radius 3 is 2.38 bits per heavy atom. The molecular weight excluding hydrogens is 302 g/mol. The van der Waals surface area contributed by atoms with Crippen LogP contribution in [0.25, 0.3) is 0 Å². The predicted octanol–water partition coefficient (Wildman–Crippen LogP) is 3.87. The lowest BCUT2D eigenvalue weighted by atomic mass is 9.96. The average Bonchev–Trinajstić information content (AvgIpc) is 2.53. The molecule has 0 saturated heterocycles. The molecule has 0 atom stereocenters. The van der Waals surface area contributed by atoms with Gasteiger partial charge in [-0.3, -0.25) is 14.6 Å². The van der Waals surface area contributed by atoms with Gasteiger partial charge in [0.1, 0.15) is 0 Å². The van der Waals surface area contributed by atoms with Crippen molar-refractivity contribution in [2.75, 3.05) is 10.6 Å². The Bertz CT molecular complexity index is 747. The molecule has 1 aromatic heterocycles. The molecule has 0 spiro atoms. The third-order valence-corrected chi connectivity index (χ3v) is 3.05. The van der Waals surface area contributed by atoms with Gasteiger partial charge in [0, 0.05) is 23.8 Å². The standard InChI is InChI=1S/C19H21N3O2/c1-19(2,3)10-9-17(23)21-15-7-4-8-16(12-15)22-18(24)14-6-5-11-20-13-14/h4-13H,1-3H3,(H,21,23)(H,22,24)/b10-9+. The lowest BCUT2D eigenvalue weighted by molar-refractivity contribution is -0.112. The Hall–Kier alpha value is -2.95. The van der Waals surface area contributed by atoms with Gasteiger partial charge in [-0.1, -0.05) is 32.9 Å². The molecule has 0 aliphatic carbocycles. The fraction of sp³-hybridized carbons (Fsp3) is 0.211. The molecule has 0 radical (unpaired) electrons. The maximum absolute atomic E-state index is 12.1. The van der Waals surface area contributed by atoms with Gasteiger partial charge < -0.3 is 10.6 Å². The molecule has 5 nitrogen and oxygen atoms in total. The van der Waals surface area contributed by atoms with E-state index >= 15 is 0 Å². The first-order valence-corrected chi connectivity index (χ1v) is 7.65. The largest absolute Gasteiger partial charge is 0.322 e. The third-order valence-electron chi connectivity index (χ3n) is 3.05. The molecule has 2 aromatic rings. The highest BCUT2D eigenvalue weighted by Gasteiger charge is 2.08. The van der Waals surface area contributed by atoms with E-state index in [0.29, 0.717) is 16.9 Å². The summed E-state index contributed by atoms with van der Waals surface area (Å²) in [5, 5.41) is 5.56. The number of nitrogens with zero attached hydrogens (tertiary/aromatic N) is 1. The molecule has 1 aromatic carbocycles. The number of carbonyl (C=O) groups excluding carboxylic acids is 2. The van der Waals surface area contributed by atoms with Gasteiger partial charge in [-0.25, -0.2) is 0 Å². The Labute approximate surface area is 141 Å². The van der Waals surface area contributed by atoms with E-state index in [9.17, 15) is 9.59 Å². The Morgan fingerprint density at radius 1 is 1.04 bits per heavy atom. The van der Waals surface area contributed by atoms with Crippen LogP contribution < -0.4 is 10.6 Å². The number of rotatable bonds is 4. The number of amides is 2. The van der Waals surface area contributed by atoms with Crippen molar-refractivity contribution >= 4 is 23.2 Å². The monoisotopic (exact) mass is 323 g/mol. The van der Waals surface area contributed by atoms with Crippen LogP contribution in [-0.2, 0) is 4.79 Å². The number of aromatic nitrogens is 1. The zero-order chi connectivity index (χ0) is 17.6. The molecule has 24 heavy (non-hydrogen) atoms. The van der Waals surface area contributed by atoms with Crippen molar-refractivity contribution in [1.82, 2.24) is 4.98 Å². The van der Waals surface area contributed by atoms with Crippen molar-refractivity contribution in [3.05, 3.63) is 66.5 Å². The minimum absolute atomic E-state index is 0.0586. The highest BCUT2D eigenvalue weighted by atomic mass is 16.2. The molecule has 2 N–H and O–H groups in total. The van der Waals surface area contributed by atoms with E-state index in [4.69, 9.17) is 0 Å². The second-order valence-electron chi connectivity index (χ2n) is 6.47. The number of hydrogen-bond donors (Lipinski definition) is 2. The maximum atomic E-state index is 12.1. The number of nitrogens with one attached hydrogen (secondary N) is 2. The first kappa shape index (κ1) is 17.4. The van der Waals surface area contributed by atoms with Gasteiger partial charge >= 0.3 is 0 Å². The normalized spacial score (nSPS) is 11.3. The highest BCUT2D eigenvalue weighted by molar-refractivity contribution is 6.05. The highest BCUT2D eigenvalue weighted by Crippen LogP contribution is 2.17. The number of anilines is 2. The summed E-state index contributed by atoms with van der Waals surface area (Å²) in [6.07, 6.45) is 6.47. The van der Waals surface area contributed by atoms with Crippen LogP contribution in [0.5, 0.6) is 0 Å². The summed E-state index contributed by atoms with van der Waals surface area (Å²) in [6.45, 7) is 6.06. The van der Waals surface area contributed by atoms with Gasteiger partial charge in [-0.2, -0.15) is 0 Å². The fourth-order valence-corrected chi connectivity index (χ4v) is 1.88. The molecule has 0 unspecified atom stereocenters. The first-order chi connectivity index (χ1) is 11.3. The summed E-state index contributed by atoms with van der Waals surface area (Å²) in [4.78, 5) is 28.0. The van der Waals surface area contributed by atoms with Crippen LogP contribution in [0.2, 0.25) is 0 Å². The van der Waals surface area contributed by atoms with E-state index in [1.807, 2.05) is 26.8 Å². The van der Waals surface area contributed by atoms with Crippen LogP contribution in [0.1, 0.15) is 31.1 Å². The van der Waals surface area contributed by atoms with E-state index in [0.717, 1.165) is 0 Å². The van der Waals surface area contributed by atoms with Gasteiger partial charge in [-0.15, -0.1) is 0 Å². The number of hydrogen-bond acceptors (Lipinski definition) is 3. The summed E-state index contributed by atoms with van der Waals surface area (Å²) in [5.74, 6) is -0.458. The van der Waals surface area contributed by atoms with E-state index in [2.05, 4.69) is 15.6 Å². The lowest BCUT2D eigenvalue weighted by Crippen LogP contribution is -2.13. The van der Waals surface area contributed by atoms with E-state index in [-0.39, 0.29) is 17.2 Å². The summed E-state index contributed by atoms with van der Waals surface area (Å²) in [5.41, 5.74) is 1.63. The van der Waals surface area contributed by atoms with Crippen molar-refractivity contribution < 1.29 is 9.59 Å². The Kier molecular flexibility index (Phi) is 5.47. The minimum Gasteiger partial charge on any atom is -0.322 e. The molecule has 124 valence electrons. The molecule has 2 rings (SSSR count). The smallest absolute Gasteiger partial charge is 0.257 e. The van der Waals surface area contributed by atoms with E-state index in [1.54, 1.807) is 42.6 Å². The molecule has 0 aliphatic heterocycles. The minimum atomic E-state index is -0.251. The van der Waals surface area contributed by atoms with Gasteiger partial charge in [0.25, 0.3) is 5.91 Å². The second-order valence-corrected chi connectivity index (χ2v) is 6.47. The number of benzene rings is 1. The van der Waals surface area contributed by atoms with Crippen molar-refractivity contribution in [3.8, 4) is 0 Å². The molecule has 1 heterocycles. The lowest BCUT2D eigenvalue weighted by Gasteiger charge is -2.11. The summed E-state index contributed by atoms with van der Waals surface area (Å²) >= 11 is 0. The zero-order valence-corrected chi connectivity index (χ0v) is 14.0. The molecule has 0 bridgehead atoms. The van der Waals surface area contributed by atoms with Crippen molar-refractivity contribution in [3.63, 3.8) is 0 Å². The fourth-order valence-electron chi connectivity index (χ4n) is 1.88. The SMILES string of the molecule is CC(C)(C)/C=C/C(=O)Nc1cccc(NC(=O)c2cccnc2)c1. The van der Waals surface area contributed by atoms with Crippen LogP contribution in [0.3, 0.4) is 0 Å². The quantitative estimate of drug-likeness (QED) is 0.839. The van der Waals surface area contributed by atoms with E-state index in [1.165, 1.54) is 12.3 Å². The number of pyridine rings is 1. The maximum Gasteiger partial charge on any atom is 0.257 e. The van der Waals surface area contributed by atoms with Crippen molar-refractivity contribution in [1.29, 1.82) is 0 Å². The van der Waals surface area contributed by atoms with Gasteiger partial charge in [0.15, 0.2) is 0 Å². The van der Waals surface area contributed by atoms with Crippen molar-refractivity contribution in [2.24, 2.45) is 5.41 Å². The van der Waals surface area contributed by atoms with E-state index < -0.39 is 0 Å². The molecule has 2 amide bonds. The third kappa shape index (κ3) is 5.68. The van der Waals surface area contributed by atoms with Gasteiger partial charge in [0.05, 0.1) is 5.56 Å². The van der Waals surface area contributed by atoms with Crippen LogP contribution in [0.15, 0.2) is 60.9 Å². The van der Waals surface area contributed by atoms with Crippen LogP contribution in [-0.4, -0.2) is 16.8 Å². The van der Waals surface area contributed by atoms with Crippen molar-refractivity contribution in [2.45, 2.75) is 20.8 Å². The summed E-state index contributed by atoms with van der Waals surface area (Å²) < 4.78 is 0. The predicted molar refractivity (Wildman–Crippen MR) is 95.9 cm³/mol. The first-order valence-electron chi connectivity index (χ1n) is 7.65. The summed E-state index contributed by atoms with van der Waals surface area (Å²) in [6, 6.07) is 10.4. The van der Waals surface area contributed by atoms with Crippen LogP contribution in [0, 0.1) is 5.41 Å². The second kappa shape index (κ2) is 7.55. The zero-order valence-electron chi connectivity index (χ0n) is 14.0.